The molecular formula is C13H23N. The molecule has 0 aliphatic carbocycles. The van der Waals surface area contributed by atoms with Gasteiger partial charge in [-0.05, 0) is 26.7 Å². The lowest BCUT2D eigenvalue weighted by Crippen LogP contribution is -2.45. The molecule has 0 fully saturated rings. The van der Waals surface area contributed by atoms with E-state index in [1.54, 1.807) is 0 Å². The van der Waals surface area contributed by atoms with Gasteiger partial charge < -0.3 is 0 Å². The molecule has 0 spiro atoms. The highest BCUT2D eigenvalue weighted by Crippen LogP contribution is 2.20. The zero-order valence-electron chi connectivity index (χ0n) is 10.2. The number of rotatable bonds is 0. The molecule has 1 nitrogen and oxygen atoms in total. The van der Waals surface area contributed by atoms with E-state index in [4.69, 9.17) is 0 Å². The maximum absolute atomic E-state index is 3.33. The molecule has 0 aromatic carbocycles. The Morgan fingerprint density at radius 3 is 2.43 bits per heavy atom. The van der Waals surface area contributed by atoms with E-state index < -0.39 is 0 Å². The highest BCUT2D eigenvalue weighted by atomic mass is 15.2. The molecule has 1 heterocycles. The molecule has 0 amide bonds. The third-order valence-corrected chi connectivity index (χ3v) is 3.15. The lowest BCUT2D eigenvalue weighted by molar-refractivity contribution is 0.110. The van der Waals surface area contributed by atoms with Crippen LogP contribution in [0.2, 0.25) is 0 Å². The van der Waals surface area contributed by atoms with Crippen molar-refractivity contribution >= 4 is 0 Å². The molecule has 0 bridgehead atoms. The highest BCUT2D eigenvalue weighted by Gasteiger charge is 2.24. The van der Waals surface area contributed by atoms with Gasteiger partial charge in [-0.2, -0.15) is 0 Å². The Hall–Kier alpha value is -0.480. The van der Waals surface area contributed by atoms with Gasteiger partial charge in [0.2, 0.25) is 0 Å². The van der Waals surface area contributed by atoms with Crippen molar-refractivity contribution in [1.82, 2.24) is 4.90 Å². The third-order valence-electron chi connectivity index (χ3n) is 3.15. The van der Waals surface area contributed by atoms with Crippen molar-refractivity contribution in [3.63, 3.8) is 0 Å². The third kappa shape index (κ3) is 3.03. The summed E-state index contributed by atoms with van der Waals surface area (Å²) in [7, 11) is 0. The Kier molecular flexibility index (Phi) is 3.61. The van der Waals surface area contributed by atoms with Crippen LogP contribution in [0.3, 0.4) is 0 Å². The molecule has 0 aromatic heterocycles. The smallest absolute Gasteiger partial charge is 0.0217 e. The average Bonchev–Trinajstić information content (AvgIpc) is 2.04. The van der Waals surface area contributed by atoms with E-state index in [0.717, 1.165) is 13.0 Å². The number of hydrogen-bond acceptors (Lipinski definition) is 1. The van der Waals surface area contributed by atoms with Crippen molar-refractivity contribution < 1.29 is 0 Å². The summed E-state index contributed by atoms with van der Waals surface area (Å²) < 4.78 is 0. The molecule has 0 N–H and O–H groups in total. The normalized spacial score (nSPS) is 30.1. The van der Waals surface area contributed by atoms with Gasteiger partial charge in [-0.1, -0.05) is 19.8 Å². The van der Waals surface area contributed by atoms with Crippen LogP contribution in [-0.4, -0.2) is 23.5 Å². The molecule has 80 valence electrons. The predicted molar refractivity (Wildman–Crippen MR) is 62.0 cm³/mol. The maximum atomic E-state index is 3.33. The average molecular weight is 193 g/mol. The summed E-state index contributed by atoms with van der Waals surface area (Å²) in [4.78, 5) is 2.56. The Morgan fingerprint density at radius 2 is 1.86 bits per heavy atom. The zero-order chi connectivity index (χ0) is 10.8. The first-order valence-corrected chi connectivity index (χ1v) is 5.64. The SMILES string of the molecule is CC1C#CCCN(C(C)(C)C)CC1C. The molecule has 1 rings (SSSR count). The summed E-state index contributed by atoms with van der Waals surface area (Å²) in [6.07, 6.45) is 1.02. The van der Waals surface area contributed by atoms with Gasteiger partial charge in [0.25, 0.3) is 0 Å². The first-order chi connectivity index (χ1) is 6.41. The van der Waals surface area contributed by atoms with Crippen LogP contribution in [-0.2, 0) is 0 Å². The van der Waals surface area contributed by atoms with Crippen molar-refractivity contribution in [3.05, 3.63) is 0 Å². The van der Waals surface area contributed by atoms with Gasteiger partial charge in [-0.3, -0.25) is 4.90 Å². The van der Waals surface area contributed by atoms with Crippen molar-refractivity contribution in [2.75, 3.05) is 13.1 Å². The molecular weight excluding hydrogens is 170 g/mol. The first-order valence-electron chi connectivity index (χ1n) is 5.64. The summed E-state index contributed by atoms with van der Waals surface area (Å²) in [5.74, 6) is 7.83. The minimum absolute atomic E-state index is 0.285. The minimum atomic E-state index is 0.285. The largest absolute Gasteiger partial charge is 0.297 e. The summed E-state index contributed by atoms with van der Waals surface area (Å²) >= 11 is 0. The quantitative estimate of drug-likeness (QED) is 0.535. The Labute approximate surface area is 88.9 Å². The molecule has 0 radical (unpaired) electrons. The van der Waals surface area contributed by atoms with Crippen LogP contribution in [0.4, 0.5) is 0 Å². The molecule has 0 saturated heterocycles. The van der Waals surface area contributed by atoms with Gasteiger partial charge in [0, 0.05) is 31.0 Å². The molecule has 0 aromatic rings. The van der Waals surface area contributed by atoms with Crippen LogP contribution in [0.15, 0.2) is 0 Å². The second-order valence-corrected chi connectivity index (χ2v) is 5.45. The van der Waals surface area contributed by atoms with Crippen molar-refractivity contribution in [2.45, 2.75) is 46.6 Å². The van der Waals surface area contributed by atoms with Crippen LogP contribution < -0.4 is 0 Å². The monoisotopic (exact) mass is 193 g/mol. The summed E-state index contributed by atoms with van der Waals surface area (Å²) in [6.45, 7) is 13.7. The van der Waals surface area contributed by atoms with E-state index in [9.17, 15) is 0 Å². The van der Waals surface area contributed by atoms with E-state index in [1.165, 1.54) is 6.54 Å². The lowest BCUT2D eigenvalue weighted by atomic mass is 9.92. The lowest BCUT2D eigenvalue weighted by Gasteiger charge is -2.38. The van der Waals surface area contributed by atoms with Crippen LogP contribution >= 0.6 is 0 Å². The molecule has 2 unspecified atom stereocenters. The zero-order valence-corrected chi connectivity index (χ0v) is 10.2. The van der Waals surface area contributed by atoms with Crippen LogP contribution in [0.5, 0.6) is 0 Å². The topological polar surface area (TPSA) is 3.24 Å². The molecule has 0 saturated carbocycles. The van der Waals surface area contributed by atoms with Crippen molar-refractivity contribution in [2.24, 2.45) is 11.8 Å². The minimum Gasteiger partial charge on any atom is -0.297 e. The van der Waals surface area contributed by atoms with Crippen LogP contribution in [0.1, 0.15) is 41.0 Å². The fraction of sp³-hybridized carbons (Fsp3) is 0.846. The Morgan fingerprint density at radius 1 is 1.21 bits per heavy atom. The number of nitrogens with zero attached hydrogens (tertiary/aromatic N) is 1. The number of hydrogen-bond donors (Lipinski definition) is 0. The Bertz CT molecular complexity index is 238. The summed E-state index contributed by atoms with van der Waals surface area (Å²) in [5, 5.41) is 0. The molecule has 1 aliphatic heterocycles. The molecule has 14 heavy (non-hydrogen) atoms. The fourth-order valence-corrected chi connectivity index (χ4v) is 1.77. The first kappa shape index (κ1) is 11.6. The van der Waals surface area contributed by atoms with Gasteiger partial charge in [-0.25, -0.2) is 0 Å². The second kappa shape index (κ2) is 4.36. The van der Waals surface area contributed by atoms with Crippen molar-refractivity contribution in [1.29, 1.82) is 0 Å². The van der Waals surface area contributed by atoms with E-state index in [-0.39, 0.29) is 5.54 Å². The van der Waals surface area contributed by atoms with Gasteiger partial charge in [-0.15, -0.1) is 5.92 Å². The Balaban J connectivity index is 2.71. The summed E-state index contributed by atoms with van der Waals surface area (Å²) in [5.41, 5.74) is 0.285. The van der Waals surface area contributed by atoms with Gasteiger partial charge in [0.15, 0.2) is 0 Å². The van der Waals surface area contributed by atoms with Crippen LogP contribution in [0.25, 0.3) is 0 Å². The van der Waals surface area contributed by atoms with E-state index in [1.807, 2.05) is 0 Å². The summed E-state index contributed by atoms with van der Waals surface area (Å²) in [6, 6.07) is 0. The second-order valence-electron chi connectivity index (χ2n) is 5.45. The van der Waals surface area contributed by atoms with E-state index in [2.05, 4.69) is 51.4 Å². The molecule has 2 atom stereocenters. The van der Waals surface area contributed by atoms with E-state index in [0.29, 0.717) is 11.8 Å². The van der Waals surface area contributed by atoms with Crippen molar-refractivity contribution in [3.8, 4) is 11.8 Å². The highest BCUT2D eigenvalue weighted by molar-refractivity contribution is 5.06. The predicted octanol–water partition coefficient (Wildman–Crippen LogP) is 2.77. The van der Waals surface area contributed by atoms with E-state index >= 15 is 0 Å². The molecule has 1 heteroatoms. The van der Waals surface area contributed by atoms with Gasteiger partial charge in [0.05, 0.1) is 0 Å². The molecule has 1 aliphatic rings. The maximum Gasteiger partial charge on any atom is 0.0217 e. The van der Waals surface area contributed by atoms with Crippen LogP contribution in [0, 0.1) is 23.7 Å². The standard InChI is InChI=1S/C13H23N/c1-11-8-6-7-9-14(10-12(11)2)13(3,4)5/h11-12H,7,9-10H2,1-5H3. The van der Waals surface area contributed by atoms with Gasteiger partial charge >= 0.3 is 0 Å². The fourth-order valence-electron chi connectivity index (χ4n) is 1.77. The van der Waals surface area contributed by atoms with Gasteiger partial charge in [0.1, 0.15) is 0 Å².